The first-order valence-electron chi connectivity index (χ1n) is 3.80. The summed E-state index contributed by atoms with van der Waals surface area (Å²) in [5.41, 5.74) is 0.135. The van der Waals surface area contributed by atoms with E-state index < -0.39 is 5.97 Å². The van der Waals surface area contributed by atoms with Crippen LogP contribution in [0, 0.1) is 0 Å². The van der Waals surface area contributed by atoms with Crippen LogP contribution in [0.4, 0.5) is 0 Å². The molecule has 0 aromatic heterocycles. The monoisotopic (exact) mass is 249 g/mol. The number of hydrogen-bond donors (Lipinski definition) is 1. The van der Waals surface area contributed by atoms with Crippen molar-refractivity contribution in [1.29, 1.82) is 0 Å². The second-order valence-electron chi connectivity index (χ2n) is 2.44. The first-order chi connectivity index (χ1) is 6.72. The van der Waals surface area contributed by atoms with Gasteiger partial charge in [-0.15, -0.1) is 0 Å². The molecule has 0 amide bonds. The molecule has 0 aliphatic carbocycles. The van der Waals surface area contributed by atoms with E-state index in [1.807, 2.05) is 0 Å². The Morgan fingerprint density at radius 1 is 1.33 bits per heavy atom. The third-order valence-corrected chi connectivity index (χ3v) is 1.69. The molecule has 0 atom stereocenters. The van der Waals surface area contributed by atoms with Gasteiger partial charge >= 0.3 is 5.97 Å². The van der Waals surface area contributed by atoms with Gasteiger partial charge in [-0.3, -0.25) is 0 Å². The van der Waals surface area contributed by atoms with Gasteiger partial charge < -0.3 is 14.4 Å². The first kappa shape index (κ1) is 13.8. The zero-order chi connectivity index (χ0) is 10.6. The molecule has 1 aromatic rings. The molecule has 0 heterocycles. The van der Waals surface area contributed by atoms with E-state index in [2.05, 4.69) is 9.62 Å². The number of rotatable bonds is 3. The van der Waals surface area contributed by atoms with Crippen LogP contribution >= 0.6 is 0 Å². The fourth-order valence-corrected chi connectivity index (χ4v) is 0.984. The van der Waals surface area contributed by atoms with E-state index in [9.17, 15) is 4.79 Å². The Hall–Kier alpha value is -1.17. The summed E-state index contributed by atoms with van der Waals surface area (Å²) >= 11 is 0. The van der Waals surface area contributed by atoms with Crippen LogP contribution in [0.2, 0.25) is 0 Å². The molecule has 1 rings (SSSR count). The van der Waals surface area contributed by atoms with Gasteiger partial charge in [-0.1, -0.05) is 0 Å². The van der Waals surface area contributed by atoms with Gasteiger partial charge in [0.1, 0.15) is 11.3 Å². The van der Waals surface area contributed by atoms with Gasteiger partial charge in [0, 0.05) is 24.6 Å². The van der Waals surface area contributed by atoms with E-state index in [0.717, 1.165) is 0 Å². The quantitative estimate of drug-likeness (QED) is 0.497. The summed E-state index contributed by atoms with van der Waals surface area (Å²) in [5, 5.41) is 8.52. The van der Waals surface area contributed by atoms with Crippen molar-refractivity contribution in [2.24, 2.45) is 0 Å². The van der Waals surface area contributed by atoms with Crippen LogP contribution in [-0.2, 0) is 23.3 Å². The maximum absolute atomic E-state index is 11.1. The standard InChI is InChI=1S/C9H10O5.V/c1-12-6-3-4-7(9(10)13-2)8(5-6)14-11;/h3-5,11H,1-2H3;. The summed E-state index contributed by atoms with van der Waals surface area (Å²) in [5.74, 6) is -0.116. The maximum Gasteiger partial charge on any atom is 0.341 e. The van der Waals surface area contributed by atoms with Crippen molar-refractivity contribution in [1.82, 2.24) is 0 Å². The van der Waals surface area contributed by atoms with Crippen LogP contribution in [-0.4, -0.2) is 25.4 Å². The zero-order valence-electron chi connectivity index (χ0n) is 8.26. The predicted octanol–water partition coefficient (Wildman–Crippen LogP) is 1.33. The van der Waals surface area contributed by atoms with E-state index in [4.69, 9.17) is 9.99 Å². The van der Waals surface area contributed by atoms with Crippen molar-refractivity contribution >= 4 is 5.97 Å². The molecular weight excluding hydrogens is 239 g/mol. The predicted molar refractivity (Wildman–Crippen MR) is 47.6 cm³/mol. The Morgan fingerprint density at radius 3 is 2.47 bits per heavy atom. The fraction of sp³-hybridized carbons (Fsp3) is 0.222. The number of carbonyl (C=O) groups excluding carboxylic acids is 1. The third kappa shape index (κ3) is 3.16. The molecule has 81 valence electrons. The van der Waals surface area contributed by atoms with Crippen molar-refractivity contribution in [3.05, 3.63) is 23.8 Å². The van der Waals surface area contributed by atoms with E-state index in [-0.39, 0.29) is 29.9 Å². The molecule has 0 aliphatic rings. The molecule has 1 N–H and O–H groups in total. The molecule has 0 unspecified atom stereocenters. The summed E-state index contributed by atoms with van der Waals surface area (Å²) in [6.45, 7) is 0. The maximum atomic E-state index is 11.1. The van der Waals surface area contributed by atoms with Crippen molar-refractivity contribution in [2.75, 3.05) is 14.2 Å². The molecule has 0 aliphatic heterocycles. The van der Waals surface area contributed by atoms with Crippen molar-refractivity contribution in [3.8, 4) is 11.5 Å². The number of hydrogen-bond acceptors (Lipinski definition) is 5. The van der Waals surface area contributed by atoms with Crippen molar-refractivity contribution in [2.45, 2.75) is 0 Å². The van der Waals surface area contributed by atoms with Crippen LogP contribution in [0.25, 0.3) is 0 Å². The second-order valence-corrected chi connectivity index (χ2v) is 2.44. The Bertz CT molecular complexity index is 339. The second kappa shape index (κ2) is 6.34. The van der Waals surface area contributed by atoms with Crippen molar-refractivity contribution < 1.29 is 43.0 Å². The van der Waals surface area contributed by atoms with Crippen molar-refractivity contribution in [3.63, 3.8) is 0 Å². The molecular formula is C9H10O5V. The number of esters is 1. The summed E-state index contributed by atoms with van der Waals surface area (Å²) in [6.07, 6.45) is 0. The average Bonchev–Trinajstić information content (AvgIpc) is 2.27. The molecule has 1 aromatic carbocycles. The minimum Gasteiger partial charge on any atom is -0.497 e. The Balaban J connectivity index is 0.00000196. The number of ether oxygens (including phenoxy) is 2. The fourth-order valence-electron chi connectivity index (χ4n) is 0.984. The van der Waals surface area contributed by atoms with Crippen LogP contribution < -0.4 is 9.62 Å². The van der Waals surface area contributed by atoms with Crippen LogP contribution in [0.1, 0.15) is 10.4 Å². The summed E-state index contributed by atoms with van der Waals surface area (Å²) < 4.78 is 9.36. The molecule has 0 fully saturated rings. The molecule has 0 spiro atoms. The molecule has 0 saturated carbocycles. The largest absolute Gasteiger partial charge is 0.497 e. The topological polar surface area (TPSA) is 65.0 Å². The molecule has 5 nitrogen and oxygen atoms in total. The van der Waals surface area contributed by atoms with E-state index in [0.29, 0.717) is 5.75 Å². The van der Waals surface area contributed by atoms with Gasteiger partial charge in [0.25, 0.3) is 0 Å². The molecule has 0 bridgehead atoms. The van der Waals surface area contributed by atoms with Gasteiger partial charge in [0.05, 0.1) is 14.2 Å². The van der Waals surface area contributed by atoms with E-state index >= 15 is 0 Å². The summed E-state index contributed by atoms with van der Waals surface area (Å²) in [4.78, 5) is 15.2. The average molecular weight is 249 g/mol. The molecule has 0 saturated heterocycles. The van der Waals surface area contributed by atoms with Gasteiger partial charge in [-0.05, 0) is 12.1 Å². The first-order valence-corrected chi connectivity index (χ1v) is 3.80. The normalized spacial score (nSPS) is 8.73. The Kier molecular flexibility index (Phi) is 5.85. The third-order valence-electron chi connectivity index (χ3n) is 1.69. The minimum atomic E-state index is -0.586. The number of methoxy groups -OCH3 is 2. The summed E-state index contributed by atoms with van der Waals surface area (Å²) in [6, 6.07) is 4.39. The minimum absolute atomic E-state index is 0. The van der Waals surface area contributed by atoms with Crippen LogP contribution in [0.15, 0.2) is 18.2 Å². The van der Waals surface area contributed by atoms with Gasteiger partial charge in [-0.25, -0.2) is 10.1 Å². The Morgan fingerprint density at radius 2 is 2.00 bits per heavy atom. The molecule has 1 radical (unpaired) electrons. The van der Waals surface area contributed by atoms with E-state index in [1.165, 1.54) is 26.4 Å². The van der Waals surface area contributed by atoms with Gasteiger partial charge in [0.2, 0.25) is 0 Å². The number of benzene rings is 1. The zero-order valence-corrected chi connectivity index (χ0v) is 9.66. The van der Waals surface area contributed by atoms with E-state index in [1.54, 1.807) is 6.07 Å². The van der Waals surface area contributed by atoms with Gasteiger partial charge in [-0.2, -0.15) is 0 Å². The summed E-state index contributed by atoms with van der Waals surface area (Å²) in [7, 11) is 2.71. The van der Waals surface area contributed by atoms with Crippen LogP contribution in [0.5, 0.6) is 11.5 Å². The Labute approximate surface area is 98.8 Å². The van der Waals surface area contributed by atoms with Gasteiger partial charge in [0.15, 0.2) is 5.75 Å². The smallest absolute Gasteiger partial charge is 0.341 e. The van der Waals surface area contributed by atoms with Crippen LogP contribution in [0.3, 0.4) is 0 Å². The number of carbonyl (C=O) groups is 1. The molecule has 15 heavy (non-hydrogen) atoms. The SMILES string of the molecule is COC(=O)c1ccc(OC)cc1OO.[V]. The molecule has 6 heteroatoms.